The van der Waals surface area contributed by atoms with Crippen LogP contribution in [0.1, 0.15) is 18.4 Å². The Morgan fingerprint density at radius 1 is 1.50 bits per heavy atom. The first-order valence-corrected chi connectivity index (χ1v) is 4.56. The second kappa shape index (κ2) is 3.25. The van der Waals surface area contributed by atoms with Crippen molar-refractivity contribution in [1.29, 1.82) is 0 Å². The minimum absolute atomic E-state index is 0.0122. The van der Waals surface area contributed by atoms with Crippen molar-refractivity contribution in [2.45, 2.75) is 12.8 Å². The van der Waals surface area contributed by atoms with Crippen LogP contribution in [0.3, 0.4) is 0 Å². The van der Waals surface area contributed by atoms with E-state index < -0.39 is 0 Å². The van der Waals surface area contributed by atoms with Gasteiger partial charge in [-0.05, 0) is 11.6 Å². The predicted octanol–water partition coefficient (Wildman–Crippen LogP) is 1.34. The third kappa shape index (κ3) is 1.21. The number of hydrogen-bond donors (Lipinski definition) is 0. The molecule has 0 fully saturated rings. The Morgan fingerprint density at radius 2 is 2.21 bits per heavy atom. The maximum absolute atomic E-state index is 11.3. The summed E-state index contributed by atoms with van der Waals surface area (Å²) >= 11 is 0. The average molecular weight is 189 g/mol. The number of hydrogen-bond acceptors (Lipinski definition) is 2. The van der Waals surface area contributed by atoms with Crippen LogP contribution in [0, 0.1) is 0 Å². The molecule has 1 aromatic carbocycles. The lowest BCUT2D eigenvalue weighted by Crippen LogP contribution is -2.27. The molecule has 0 N–H and O–H groups in total. The molecule has 0 aliphatic carbocycles. The number of amides is 1. The number of nitrogens with zero attached hydrogens (tertiary/aromatic N) is 1. The van der Waals surface area contributed by atoms with E-state index in [1.54, 1.807) is 4.90 Å². The van der Waals surface area contributed by atoms with Gasteiger partial charge in [-0.15, -0.1) is 0 Å². The van der Waals surface area contributed by atoms with Crippen LogP contribution in [0.4, 0.5) is 5.69 Å². The third-order valence-electron chi connectivity index (χ3n) is 2.55. The quantitative estimate of drug-likeness (QED) is 0.625. The highest BCUT2D eigenvalue weighted by Crippen LogP contribution is 2.34. The van der Waals surface area contributed by atoms with Gasteiger partial charge in [-0.2, -0.15) is 0 Å². The molecule has 0 radical (unpaired) electrons. The van der Waals surface area contributed by atoms with E-state index in [2.05, 4.69) is 0 Å². The van der Waals surface area contributed by atoms with Gasteiger partial charge in [0.25, 0.3) is 0 Å². The summed E-state index contributed by atoms with van der Waals surface area (Å²) in [5, 5.41) is 0. The Hall–Kier alpha value is -1.64. The van der Waals surface area contributed by atoms with Crippen LogP contribution in [0.25, 0.3) is 0 Å². The van der Waals surface area contributed by atoms with E-state index in [4.69, 9.17) is 0 Å². The summed E-state index contributed by atoms with van der Waals surface area (Å²) in [4.78, 5) is 23.7. The highest BCUT2D eigenvalue weighted by Gasteiger charge is 2.29. The van der Waals surface area contributed by atoms with Crippen molar-refractivity contribution in [3.63, 3.8) is 0 Å². The highest BCUT2D eigenvalue weighted by atomic mass is 16.2. The first kappa shape index (κ1) is 8.94. The number of aldehydes is 1. The second-order valence-electron chi connectivity index (χ2n) is 3.43. The summed E-state index contributed by atoms with van der Waals surface area (Å²) < 4.78 is 0. The Labute approximate surface area is 82.3 Å². The zero-order chi connectivity index (χ0) is 10.1. The normalized spacial score (nSPS) is 19.2. The van der Waals surface area contributed by atoms with Gasteiger partial charge in [0.2, 0.25) is 5.91 Å². The zero-order valence-corrected chi connectivity index (χ0v) is 7.93. The summed E-state index contributed by atoms with van der Waals surface area (Å²) in [6.45, 7) is 2.00. The largest absolute Gasteiger partial charge is 0.311 e. The molecule has 72 valence electrons. The number of carbonyl (C=O) groups excluding carboxylic acids is 2. The minimum Gasteiger partial charge on any atom is -0.311 e. The SMILES string of the molecule is CC(=O)N1C[C@@H](C=O)c2ccccc21. The molecule has 0 spiro atoms. The van der Waals surface area contributed by atoms with Crippen molar-refractivity contribution < 1.29 is 9.59 Å². The van der Waals surface area contributed by atoms with E-state index in [0.29, 0.717) is 6.54 Å². The van der Waals surface area contributed by atoms with Crippen LogP contribution in [0.2, 0.25) is 0 Å². The van der Waals surface area contributed by atoms with Crippen molar-refractivity contribution in [3.8, 4) is 0 Å². The fourth-order valence-corrected chi connectivity index (χ4v) is 1.85. The first-order chi connectivity index (χ1) is 6.74. The van der Waals surface area contributed by atoms with E-state index >= 15 is 0 Å². The molecule has 1 aliphatic heterocycles. The van der Waals surface area contributed by atoms with Crippen molar-refractivity contribution in [3.05, 3.63) is 29.8 Å². The second-order valence-corrected chi connectivity index (χ2v) is 3.43. The predicted molar refractivity (Wildman–Crippen MR) is 53.3 cm³/mol. The lowest BCUT2D eigenvalue weighted by molar-refractivity contribution is -0.116. The maximum Gasteiger partial charge on any atom is 0.223 e. The van der Waals surface area contributed by atoms with Gasteiger partial charge in [0.1, 0.15) is 6.29 Å². The van der Waals surface area contributed by atoms with Gasteiger partial charge in [0.15, 0.2) is 0 Å². The van der Waals surface area contributed by atoms with Crippen LogP contribution < -0.4 is 4.90 Å². The molecule has 1 amide bonds. The maximum atomic E-state index is 11.3. The molecule has 0 saturated carbocycles. The molecule has 0 aromatic heterocycles. The molecule has 1 atom stereocenters. The molecule has 3 heteroatoms. The summed E-state index contributed by atoms with van der Waals surface area (Å²) in [6, 6.07) is 7.54. The van der Waals surface area contributed by atoms with E-state index in [1.165, 1.54) is 6.92 Å². The molecule has 2 rings (SSSR count). The number of fused-ring (bicyclic) bond motifs is 1. The molecular formula is C11H11NO2. The van der Waals surface area contributed by atoms with Gasteiger partial charge >= 0.3 is 0 Å². The Kier molecular flexibility index (Phi) is 2.08. The number of rotatable bonds is 1. The molecule has 0 saturated heterocycles. The van der Waals surface area contributed by atoms with Crippen LogP contribution in [0.5, 0.6) is 0 Å². The first-order valence-electron chi connectivity index (χ1n) is 4.56. The molecule has 1 heterocycles. The minimum atomic E-state index is -0.157. The van der Waals surface area contributed by atoms with Crippen molar-refractivity contribution in [1.82, 2.24) is 0 Å². The van der Waals surface area contributed by atoms with Crippen molar-refractivity contribution in [2.24, 2.45) is 0 Å². The summed E-state index contributed by atoms with van der Waals surface area (Å²) in [5.74, 6) is -0.170. The van der Waals surface area contributed by atoms with Gasteiger partial charge in [-0.1, -0.05) is 18.2 Å². The van der Waals surface area contributed by atoms with Crippen LogP contribution >= 0.6 is 0 Å². The summed E-state index contributed by atoms with van der Waals surface area (Å²) in [6.07, 6.45) is 0.905. The Balaban J connectivity index is 2.48. The summed E-state index contributed by atoms with van der Waals surface area (Å²) in [5.41, 5.74) is 1.83. The number of carbonyl (C=O) groups is 2. The monoisotopic (exact) mass is 189 g/mol. The number of anilines is 1. The Morgan fingerprint density at radius 3 is 2.86 bits per heavy atom. The smallest absolute Gasteiger partial charge is 0.223 e. The van der Waals surface area contributed by atoms with E-state index in [-0.39, 0.29) is 11.8 Å². The average Bonchev–Trinajstić information content (AvgIpc) is 2.56. The number of para-hydroxylation sites is 1. The highest BCUT2D eigenvalue weighted by molar-refractivity contribution is 5.96. The lowest BCUT2D eigenvalue weighted by atomic mass is 10.0. The van der Waals surface area contributed by atoms with Gasteiger partial charge < -0.3 is 9.69 Å². The zero-order valence-electron chi connectivity index (χ0n) is 7.93. The van der Waals surface area contributed by atoms with E-state index in [0.717, 1.165) is 17.5 Å². The van der Waals surface area contributed by atoms with Crippen LogP contribution in [0.15, 0.2) is 24.3 Å². The third-order valence-corrected chi connectivity index (χ3v) is 2.55. The topological polar surface area (TPSA) is 37.4 Å². The summed E-state index contributed by atoms with van der Waals surface area (Å²) in [7, 11) is 0. The molecule has 3 nitrogen and oxygen atoms in total. The van der Waals surface area contributed by atoms with Gasteiger partial charge in [-0.25, -0.2) is 0 Å². The van der Waals surface area contributed by atoms with Crippen molar-refractivity contribution in [2.75, 3.05) is 11.4 Å². The lowest BCUT2D eigenvalue weighted by Gasteiger charge is -2.13. The molecule has 1 aliphatic rings. The van der Waals surface area contributed by atoms with Crippen LogP contribution in [-0.4, -0.2) is 18.7 Å². The van der Waals surface area contributed by atoms with E-state index in [9.17, 15) is 9.59 Å². The molecule has 1 aromatic rings. The van der Waals surface area contributed by atoms with Gasteiger partial charge in [0, 0.05) is 19.2 Å². The van der Waals surface area contributed by atoms with Gasteiger partial charge in [-0.3, -0.25) is 4.79 Å². The van der Waals surface area contributed by atoms with Crippen LogP contribution in [-0.2, 0) is 9.59 Å². The molecule has 14 heavy (non-hydrogen) atoms. The van der Waals surface area contributed by atoms with E-state index in [1.807, 2.05) is 24.3 Å². The molecule has 0 unspecified atom stereocenters. The Bertz CT molecular complexity index is 387. The number of benzene rings is 1. The fourth-order valence-electron chi connectivity index (χ4n) is 1.85. The van der Waals surface area contributed by atoms with Crippen molar-refractivity contribution >= 4 is 17.9 Å². The molecule has 0 bridgehead atoms. The fraction of sp³-hybridized carbons (Fsp3) is 0.273. The van der Waals surface area contributed by atoms with Gasteiger partial charge in [0.05, 0.1) is 5.92 Å². The molecular weight excluding hydrogens is 178 g/mol. The standard InChI is InChI=1S/C11H11NO2/c1-8(14)12-6-9(7-13)10-4-2-3-5-11(10)12/h2-5,7,9H,6H2,1H3/t9-/m0/s1.